The Kier molecular flexibility index (Phi) is 5.30. The van der Waals surface area contributed by atoms with Crippen molar-refractivity contribution in [3.05, 3.63) is 24.2 Å². The average molecular weight is 334 g/mol. The third kappa shape index (κ3) is 3.67. The molecule has 0 N–H and O–H groups in total. The summed E-state index contributed by atoms with van der Waals surface area (Å²) in [6.45, 7) is 8.21. The van der Waals surface area contributed by atoms with Crippen LogP contribution in [-0.4, -0.2) is 61.1 Å². The topological polar surface area (TPSA) is 45.9 Å². The van der Waals surface area contributed by atoms with Crippen molar-refractivity contribution in [3.63, 3.8) is 0 Å². The van der Waals surface area contributed by atoms with Gasteiger partial charge in [-0.15, -0.1) is 0 Å². The standard InChI is InChI=1S/C19H30N2O3/c1-15(2)21-14-19(12-16(21)13-23-3)6-8-20(9-7-19)18(22)11-17-5-4-10-24-17/h4-5,10,15-16H,6-9,11-14H2,1-3H3. The SMILES string of the molecule is COCC1CC2(CCN(C(=O)Cc3ccco3)CC2)CN1C(C)C. The number of methoxy groups -OCH3 is 1. The van der Waals surface area contributed by atoms with E-state index < -0.39 is 0 Å². The number of rotatable bonds is 5. The minimum atomic E-state index is 0.187. The number of hydrogen-bond donors (Lipinski definition) is 0. The predicted octanol–water partition coefficient (Wildman–Crippen LogP) is 2.56. The second-order valence-electron chi connectivity index (χ2n) is 7.72. The first-order valence-electron chi connectivity index (χ1n) is 9.08. The molecule has 1 aromatic rings. The van der Waals surface area contributed by atoms with E-state index in [4.69, 9.17) is 9.15 Å². The molecule has 2 fully saturated rings. The molecule has 0 aromatic carbocycles. The van der Waals surface area contributed by atoms with E-state index in [0.717, 1.165) is 44.8 Å². The Bertz CT molecular complexity index is 533. The molecule has 134 valence electrons. The van der Waals surface area contributed by atoms with Crippen LogP contribution in [-0.2, 0) is 16.0 Å². The quantitative estimate of drug-likeness (QED) is 0.830. The van der Waals surface area contributed by atoms with Gasteiger partial charge in [0.25, 0.3) is 0 Å². The molecular weight excluding hydrogens is 304 g/mol. The molecule has 24 heavy (non-hydrogen) atoms. The Labute approximate surface area is 144 Å². The van der Waals surface area contributed by atoms with E-state index in [1.807, 2.05) is 17.0 Å². The number of likely N-dealkylation sites (tertiary alicyclic amines) is 2. The minimum Gasteiger partial charge on any atom is -0.469 e. The number of amides is 1. The molecule has 5 nitrogen and oxygen atoms in total. The maximum absolute atomic E-state index is 12.4. The van der Waals surface area contributed by atoms with Gasteiger partial charge in [0.15, 0.2) is 0 Å². The lowest BCUT2D eigenvalue weighted by molar-refractivity contribution is -0.133. The van der Waals surface area contributed by atoms with Gasteiger partial charge in [-0.2, -0.15) is 0 Å². The van der Waals surface area contributed by atoms with Crippen molar-refractivity contribution < 1.29 is 13.9 Å². The summed E-state index contributed by atoms with van der Waals surface area (Å²) in [5, 5.41) is 0. The van der Waals surface area contributed by atoms with Crippen LogP contribution in [0.15, 0.2) is 22.8 Å². The molecule has 3 heterocycles. The summed E-state index contributed by atoms with van der Waals surface area (Å²) < 4.78 is 10.7. The lowest BCUT2D eigenvalue weighted by Crippen LogP contribution is -2.45. The highest BCUT2D eigenvalue weighted by molar-refractivity contribution is 5.78. The van der Waals surface area contributed by atoms with Gasteiger partial charge in [0.1, 0.15) is 5.76 Å². The number of ether oxygens (including phenoxy) is 1. The van der Waals surface area contributed by atoms with E-state index in [0.29, 0.717) is 23.9 Å². The molecule has 2 aliphatic rings. The maximum atomic E-state index is 12.4. The molecule has 5 heteroatoms. The predicted molar refractivity (Wildman–Crippen MR) is 92.8 cm³/mol. The number of carbonyl (C=O) groups excluding carboxylic acids is 1. The first kappa shape index (κ1) is 17.5. The summed E-state index contributed by atoms with van der Waals surface area (Å²) in [4.78, 5) is 17.0. The van der Waals surface area contributed by atoms with E-state index in [1.54, 1.807) is 13.4 Å². The van der Waals surface area contributed by atoms with Crippen LogP contribution < -0.4 is 0 Å². The molecule has 3 rings (SSSR count). The maximum Gasteiger partial charge on any atom is 0.230 e. The molecular formula is C19H30N2O3. The fourth-order valence-electron chi connectivity index (χ4n) is 4.42. The van der Waals surface area contributed by atoms with Crippen molar-refractivity contribution in [1.82, 2.24) is 9.80 Å². The molecule has 1 unspecified atom stereocenters. The normalized spacial score (nSPS) is 24.2. The van der Waals surface area contributed by atoms with Gasteiger partial charge in [-0.3, -0.25) is 9.69 Å². The van der Waals surface area contributed by atoms with E-state index in [-0.39, 0.29) is 5.91 Å². The van der Waals surface area contributed by atoms with Crippen molar-refractivity contribution >= 4 is 5.91 Å². The Morgan fingerprint density at radius 3 is 2.75 bits per heavy atom. The Morgan fingerprint density at radius 2 is 2.17 bits per heavy atom. The molecule has 1 atom stereocenters. The zero-order valence-corrected chi connectivity index (χ0v) is 15.2. The third-order valence-electron chi connectivity index (χ3n) is 5.76. The second kappa shape index (κ2) is 7.28. The largest absolute Gasteiger partial charge is 0.469 e. The molecule has 0 aliphatic carbocycles. The van der Waals surface area contributed by atoms with Crippen molar-refractivity contribution in [1.29, 1.82) is 0 Å². The van der Waals surface area contributed by atoms with Gasteiger partial charge in [0.2, 0.25) is 5.91 Å². The van der Waals surface area contributed by atoms with Crippen LogP contribution in [0.25, 0.3) is 0 Å². The summed E-state index contributed by atoms with van der Waals surface area (Å²) in [7, 11) is 1.79. The van der Waals surface area contributed by atoms with Crippen molar-refractivity contribution in [2.24, 2.45) is 5.41 Å². The van der Waals surface area contributed by atoms with Crippen LogP contribution in [0.2, 0.25) is 0 Å². The lowest BCUT2D eigenvalue weighted by Gasteiger charge is -2.39. The van der Waals surface area contributed by atoms with Crippen molar-refractivity contribution in [2.45, 2.75) is 51.6 Å². The first-order valence-corrected chi connectivity index (χ1v) is 9.08. The summed E-state index contributed by atoms with van der Waals surface area (Å²) in [5.41, 5.74) is 0.356. The fraction of sp³-hybridized carbons (Fsp3) is 0.737. The highest BCUT2D eigenvalue weighted by Crippen LogP contribution is 2.44. The number of hydrogen-bond acceptors (Lipinski definition) is 4. The van der Waals surface area contributed by atoms with Gasteiger partial charge in [-0.05, 0) is 50.7 Å². The fourth-order valence-corrected chi connectivity index (χ4v) is 4.42. The van der Waals surface area contributed by atoms with Crippen molar-refractivity contribution in [2.75, 3.05) is 33.4 Å². The number of furan rings is 1. The van der Waals surface area contributed by atoms with E-state index in [1.165, 1.54) is 6.42 Å². The zero-order chi connectivity index (χ0) is 17.2. The second-order valence-corrected chi connectivity index (χ2v) is 7.72. The van der Waals surface area contributed by atoms with Gasteiger partial charge >= 0.3 is 0 Å². The first-order chi connectivity index (χ1) is 11.5. The summed E-state index contributed by atoms with van der Waals surface area (Å²) in [6, 6.07) is 4.77. The Hall–Kier alpha value is -1.33. The molecule has 0 saturated carbocycles. The van der Waals surface area contributed by atoms with Crippen LogP contribution >= 0.6 is 0 Å². The summed E-state index contributed by atoms with van der Waals surface area (Å²) >= 11 is 0. The van der Waals surface area contributed by atoms with Crippen LogP contribution in [0, 0.1) is 5.41 Å². The number of piperidine rings is 1. The molecule has 0 radical (unpaired) electrons. The van der Waals surface area contributed by atoms with E-state index in [9.17, 15) is 4.79 Å². The smallest absolute Gasteiger partial charge is 0.230 e. The molecule has 1 spiro atoms. The molecule has 2 saturated heterocycles. The molecule has 1 amide bonds. The van der Waals surface area contributed by atoms with E-state index in [2.05, 4.69) is 18.7 Å². The molecule has 2 aliphatic heterocycles. The molecule has 0 bridgehead atoms. The van der Waals surface area contributed by atoms with E-state index >= 15 is 0 Å². The highest BCUT2D eigenvalue weighted by Gasteiger charge is 2.46. The van der Waals surface area contributed by atoms with Crippen LogP contribution in [0.3, 0.4) is 0 Å². The van der Waals surface area contributed by atoms with Gasteiger partial charge in [-0.1, -0.05) is 0 Å². The van der Waals surface area contributed by atoms with Crippen LogP contribution in [0.4, 0.5) is 0 Å². The minimum absolute atomic E-state index is 0.187. The van der Waals surface area contributed by atoms with Gasteiger partial charge in [0, 0.05) is 38.8 Å². The van der Waals surface area contributed by atoms with Gasteiger partial charge in [0.05, 0.1) is 19.3 Å². The number of carbonyl (C=O) groups is 1. The third-order valence-corrected chi connectivity index (χ3v) is 5.76. The van der Waals surface area contributed by atoms with Crippen LogP contribution in [0.1, 0.15) is 38.9 Å². The molecule has 1 aromatic heterocycles. The Balaban J connectivity index is 1.57. The van der Waals surface area contributed by atoms with Gasteiger partial charge < -0.3 is 14.1 Å². The summed E-state index contributed by atoms with van der Waals surface area (Å²) in [5.74, 6) is 0.944. The van der Waals surface area contributed by atoms with Crippen molar-refractivity contribution in [3.8, 4) is 0 Å². The highest BCUT2D eigenvalue weighted by atomic mass is 16.5. The van der Waals surface area contributed by atoms with Gasteiger partial charge in [-0.25, -0.2) is 0 Å². The Morgan fingerprint density at radius 1 is 1.42 bits per heavy atom. The average Bonchev–Trinajstić information content (AvgIpc) is 3.17. The van der Waals surface area contributed by atoms with Crippen LogP contribution in [0.5, 0.6) is 0 Å². The zero-order valence-electron chi connectivity index (χ0n) is 15.2. The monoisotopic (exact) mass is 334 g/mol. The summed E-state index contributed by atoms with van der Waals surface area (Å²) in [6.07, 6.45) is 5.40. The number of nitrogens with zero attached hydrogens (tertiary/aromatic N) is 2. The lowest BCUT2D eigenvalue weighted by atomic mass is 9.76.